The van der Waals surface area contributed by atoms with E-state index in [4.69, 9.17) is 23.8 Å². The maximum atomic E-state index is 12.6. The molecule has 0 aliphatic heterocycles. The van der Waals surface area contributed by atoms with Crippen LogP contribution in [0.4, 0.5) is 0 Å². The van der Waals surface area contributed by atoms with Crippen LogP contribution in [0.2, 0.25) is 5.02 Å². The predicted octanol–water partition coefficient (Wildman–Crippen LogP) is 4.30. The maximum Gasteiger partial charge on any atom is 0.242 e. The number of nitrogens with zero attached hydrogens (tertiary/aromatic N) is 4. The van der Waals surface area contributed by atoms with Gasteiger partial charge in [0, 0.05) is 29.0 Å². The number of benzene rings is 1. The molecule has 0 unspecified atom stereocenters. The molecule has 1 aliphatic rings. The topological polar surface area (TPSA) is 56.8 Å². The minimum atomic E-state index is -0.0530. The van der Waals surface area contributed by atoms with E-state index in [-0.39, 0.29) is 18.5 Å². The van der Waals surface area contributed by atoms with Crippen molar-refractivity contribution >= 4 is 29.7 Å². The molecule has 1 aromatic carbocycles. The van der Waals surface area contributed by atoms with Gasteiger partial charge in [0.15, 0.2) is 5.82 Å². The Morgan fingerprint density at radius 3 is 2.50 bits per heavy atom. The van der Waals surface area contributed by atoms with Crippen LogP contribution in [0.1, 0.15) is 32.1 Å². The standard InChI is InChI=1S/C20H22ClN5OS/c21-16-10-8-15(9-11-16)19-23-25(20(28)26(19)24-12-4-5-13-24)14-18(27)22-17-6-2-1-3-7-17/h4-5,8-13,17H,1-3,6-7,14H2,(H,22,27). The number of rotatable bonds is 5. The van der Waals surface area contributed by atoms with Crippen LogP contribution in [0.3, 0.4) is 0 Å². The summed E-state index contributed by atoms with van der Waals surface area (Å²) in [6, 6.07) is 11.5. The highest BCUT2D eigenvalue weighted by Crippen LogP contribution is 2.21. The Hall–Kier alpha value is -2.38. The van der Waals surface area contributed by atoms with Gasteiger partial charge in [-0.1, -0.05) is 30.9 Å². The van der Waals surface area contributed by atoms with Gasteiger partial charge in [0.25, 0.3) is 0 Å². The number of carbonyl (C=O) groups excluding carboxylic acids is 1. The Kier molecular flexibility index (Phi) is 5.64. The van der Waals surface area contributed by atoms with E-state index in [0.717, 1.165) is 18.4 Å². The van der Waals surface area contributed by atoms with E-state index in [1.54, 1.807) is 4.68 Å². The van der Waals surface area contributed by atoms with E-state index in [1.165, 1.54) is 19.3 Å². The molecule has 0 bridgehead atoms. The Morgan fingerprint density at radius 1 is 1.14 bits per heavy atom. The molecule has 8 heteroatoms. The molecule has 1 saturated carbocycles. The Morgan fingerprint density at radius 2 is 1.82 bits per heavy atom. The zero-order chi connectivity index (χ0) is 19.5. The lowest BCUT2D eigenvalue weighted by Gasteiger charge is -2.22. The minimum Gasteiger partial charge on any atom is -0.352 e. The van der Waals surface area contributed by atoms with Crippen molar-refractivity contribution < 1.29 is 4.79 Å². The predicted molar refractivity (Wildman–Crippen MR) is 112 cm³/mol. The van der Waals surface area contributed by atoms with Gasteiger partial charge in [-0.2, -0.15) is 0 Å². The van der Waals surface area contributed by atoms with Crippen LogP contribution in [-0.4, -0.2) is 31.1 Å². The number of carbonyl (C=O) groups is 1. The van der Waals surface area contributed by atoms with E-state index in [2.05, 4.69) is 10.4 Å². The van der Waals surface area contributed by atoms with Crippen molar-refractivity contribution in [1.29, 1.82) is 0 Å². The van der Waals surface area contributed by atoms with Crippen molar-refractivity contribution in [2.24, 2.45) is 0 Å². The van der Waals surface area contributed by atoms with Crippen LogP contribution in [-0.2, 0) is 11.3 Å². The second-order valence-corrected chi connectivity index (χ2v) is 7.85. The average Bonchev–Trinajstić information content (AvgIpc) is 3.32. The normalized spacial score (nSPS) is 14.9. The SMILES string of the molecule is O=C(Cn1nc(-c2ccc(Cl)cc2)n(-n2cccc2)c1=S)NC1CCCCC1. The molecule has 1 aliphatic carbocycles. The monoisotopic (exact) mass is 415 g/mol. The minimum absolute atomic E-state index is 0.0530. The van der Waals surface area contributed by atoms with Crippen LogP contribution in [0.5, 0.6) is 0 Å². The van der Waals surface area contributed by atoms with Gasteiger partial charge in [0.2, 0.25) is 10.7 Å². The quantitative estimate of drug-likeness (QED) is 0.632. The second-order valence-electron chi connectivity index (χ2n) is 7.05. The lowest BCUT2D eigenvalue weighted by Crippen LogP contribution is -2.38. The molecular formula is C20H22ClN5OS. The smallest absolute Gasteiger partial charge is 0.242 e. The van der Waals surface area contributed by atoms with Gasteiger partial charge >= 0.3 is 0 Å². The van der Waals surface area contributed by atoms with E-state index in [9.17, 15) is 4.79 Å². The van der Waals surface area contributed by atoms with E-state index < -0.39 is 0 Å². The lowest BCUT2D eigenvalue weighted by molar-refractivity contribution is -0.122. The maximum absolute atomic E-state index is 12.6. The Balaban J connectivity index is 1.64. The van der Waals surface area contributed by atoms with Crippen molar-refractivity contribution in [3.63, 3.8) is 0 Å². The molecule has 3 aromatic rings. The molecule has 1 fully saturated rings. The van der Waals surface area contributed by atoms with Crippen molar-refractivity contribution in [1.82, 2.24) is 24.4 Å². The van der Waals surface area contributed by atoms with Gasteiger partial charge in [-0.3, -0.25) is 9.47 Å². The van der Waals surface area contributed by atoms with Gasteiger partial charge in [-0.15, -0.1) is 5.10 Å². The first-order valence-electron chi connectivity index (χ1n) is 9.50. The molecule has 2 aromatic heterocycles. The third kappa shape index (κ3) is 4.05. The number of hydrogen-bond acceptors (Lipinski definition) is 3. The van der Waals surface area contributed by atoms with Gasteiger partial charge in [0.1, 0.15) is 6.54 Å². The van der Waals surface area contributed by atoms with E-state index in [1.807, 2.05) is 58.1 Å². The van der Waals surface area contributed by atoms with Crippen molar-refractivity contribution in [3.8, 4) is 11.4 Å². The molecule has 2 heterocycles. The number of hydrogen-bond donors (Lipinski definition) is 1. The number of amides is 1. The number of aromatic nitrogens is 4. The van der Waals surface area contributed by atoms with Gasteiger partial charge < -0.3 is 5.32 Å². The van der Waals surface area contributed by atoms with Gasteiger partial charge in [-0.25, -0.2) is 9.36 Å². The van der Waals surface area contributed by atoms with E-state index >= 15 is 0 Å². The molecule has 0 atom stereocenters. The van der Waals surface area contributed by atoms with E-state index in [0.29, 0.717) is 15.6 Å². The summed E-state index contributed by atoms with van der Waals surface area (Å²) in [6.45, 7) is 0.101. The molecule has 4 rings (SSSR count). The Bertz CT molecular complexity index is 1000. The highest BCUT2D eigenvalue weighted by atomic mass is 35.5. The first-order chi connectivity index (χ1) is 13.6. The summed E-state index contributed by atoms with van der Waals surface area (Å²) in [5, 5.41) is 8.43. The number of nitrogens with one attached hydrogen (secondary N) is 1. The highest BCUT2D eigenvalue weighted by Gasteiger charge is 2.19. The molecule has 0 radical (unpaired) electrons. The highest BCUT2D eigenvalue weighted by molar-refractivity contribution is 7.71. The summed E-state index contributed by atoms with van der Waals surface area (Å²) in [4.78, 5) is 12.6. The van der Waals surface area contributed by atoms with Crippen molar-refractivity contribution in [2.45, 2.75) is 44.7 Å². The summed E-state index contributed by atoms with van der Waals surface area (Å²) in [5.74, 6) is 0.603. The summed E-state index contributed by atoms with van der Waals surface area (Å²) in [5.41, 5.74) is 0.871. The van der Waals surface area contributed by atoms with Crippen LogP contribution in [0.25, 0.3) is 11.4 Å². The zero-order valence-electron chi connectivity index (χ0n) is 15.4. The molecule has 1 amide bonds. The van der Waals surface area contributed by atoms with Crippen LogP contribution in [0.15, 0.2) is 48.8 Å². The first kappa shape index (κ1) is 19.0. The third-order valence-electron chi connectivity index (χ3n) is 5.00. The number of halogens is 1. The fraction of sp³-hybridized carbons (Fsp3) is 0.350. The molecule has 1 N–H and O–H groups in total. The lowest BCUT2D eigenvalue weighted by atomic mass is 9.95. The molecule has 28 heavy (non-hydrogen) atoms. The first-order valence-corrected chi connectivity index (χ1v) is 10.3. The fourth-order valence-corrected chi connectivity index (χ4v) is 4.02. The summed E-state index contributed by atoms with van der Waals surface area (Å²) in [7, 11) is 0. The average molecular weight is 416 g/mol. The summed E-state index contributed by atoms with van der Waals surface area (Å²) in [6.07, 6.45) is 9.48. The van der Waals surface area contributed by atoms with Crippen LogP contribution in [0, 0.1) is 4.77 Å². The molecular weight excluding hydrogens is 394 g/mol. The van der Waals surface area contributed by atoms with Crippen LogP contribution >= 0.6 is 23.8 Å². The van der Waals surface area contributed by atoms with Gasteiger partial charge in [0.05, 0.1) is 0 Å². The second kappa shape index (κ2) is 8.32. The summed E-state index contributed by atoms with van der Waals surface area (Å²) < 4.78 is 5.71. The molecule has 0 spiro atoms. The van der Waals surface area contributed by atoms with Crippen molar-refractivity contribution in [3.05, 3.63) is 58.6 Å². The molecule has 6 nitrogen and oxygen atoms in total. The van der Waals surface area contributed by atoms with Crippen molar-refractivity contribution in [2.75, 3.05) is 0 Å². The third-order valence-corrected chi connectivity index (χ3v) is 5.64. The fourth-order valence-electron chi connectivity index (χ4n) is 3.60. The molecule has 146 valence electrons. The zero-order valence-corrected chi connectivity index (χ0v) is 17.0. The van der Waals surface area contributed by atoms with Gasteiger partial charge in [-0.05, 0) is 61.5 Å². The molecule has 0 saturated heterocycles. The Labute approximate surface area is 173 Å². The van der Waals surface area contributed by atoms with Crippen LogP contribution < -0.4 is 5.32 Å². The summed E-state index contributed by atoms with van der Waals surface area (Å²) >= 11 is 11.7. The largest absolute Gasteiger partial charge is 0.352 e.